The van der Waals surface area contributed by atoms with Crippen molar-refractivity contribution >= 4 is 53.7 Å². The molecule has 120 valence electrons. The van der Waals surface area contributed by atoms with E-state index in [4.69, 9.17) is 0 Å². The Balaban J connectivity index is 1.88. The molecule has 1 aliphatic heterocycles. The third-order valence-corrected chi connectivity index (χ3v) is 9.89. The zero-order chi connectivity index (χ0) is 15.6. The maximum absolute atomic E-state index is 13.3. The number of fused-ring (bicyclic) bond motifs is 1. The first-order valence-electron chi connectivity index (χ1n) is 7.62. The summed E-state index contributed by atoms with van der Waals surface area (Å²) in [6.45, 7) is 8.26. The Labute approximate surface area is 152 Å². The minimum Gasteiger partial charge on any atom is -0.340 e. The Hall–Kier alpha value is 0.870. The lowest BCUT2D eigenvalue weighted by Crippen LogP contribution is -2.72. The molecule has 21 heavy (non-hydrogen) atoms. The van der Waals surface area contributed by atoms with Crippen LogP contribution in [0.15, 0.2) is 0 Å². The van der Waals surface area contributed by atoms with Crippen molar-refractivity contribution in [1.82, 2.24) is 9.80 Å². The molecule has 4 fully saturated rings. The molecule has 0 spiro atoms. The monoisotopic (exact) mass is 484 g/mol. The van der Waals surface area contributed by atoms with Crippen LogP contribution < -0.4 is 0 Å². The van der Waals surface area contributed by atoms with Gasteiger partial charge in [0.15, 0.2) is 0 Å². The topological polar surface area (TPSA) is 23.6 Å². The van der Waals surface area contributed by atoms with Crippen LogP contribution in [0.3, 0.4) is 0 Å². The normalized spacial score (nSPS) is 42.2. The van der Waals surface area contributed by atoms with Crippen LogP contribution in [-0.2, 0) is 4.79 Å². The number of nitrogens with zero attached hydrogens (tertiary/aromatic N) is 2. The van der Waals surface area contributed by atoms with E-state index in [0.717, 1.165) is 39.0 Å². The van der Waals surface area contributed by atoms with Gasteiger partial charge in [0, 0.05) is 36.4 Å². The summed E-state index contributed by atoms with van der Waals surface area (Å²) in [5.41, 5.74) is -0.107. The Kier molecular flexibility index (Phi) is 4.13. The van der Waals surface area contributed by atoms with E-state index in [1.807, 2.05) is 0 Å². The highest BCUT2D eigenvalue weighted by Crippen LogP contribution is 2.82. The van der Waals surface area contributed by atoms with Crippen molar-refractivity contribution < 1.29 is 4.79 Å². The van der Waals surface area contributed by atoms with Crippen LogP contribution in [-0.4, -0.2) is 57.5 Å². The minimum atomic E-state index is -0.233. The number of rotatable bonds is 2. The lowest BCUT2D eigenvalue weighted by Gasteiger charge is -2.66. The van der Waals surface area contributed by atoms with Gasteiger partial charge in [-0.25, -0.2) is 0 Å². The van der Waals surface area contributed by atoms with Crippen LogP contribution in [0.1, 0.15) is 26.7 Å². The molecule has 1 saturated heterocycles. The summed E-state index contributed by atoms with van der Waals surface area (Å²) in [4.78, 5) is 18.0. The number of hydrogen-bond donors (Lipinski definition) is 0. The second kappa shape index (κ2) is 5.18. The van der Waals surface area contributed by atoms with Crippen molar-refractivity contribution in [3.63, 3.8) is 0 Å². The number of hydrogen-bond acceptors (Lipinski definition) is 2. The van der Waals surface area contributed by atoms with Gasteiger partial charge < -0.3 is 9.80 Å². The largest absolute Gasteiger partial charge is 0.340 e. The van der Waals surface area contributed by atoms with Gasteiger partial charge in [-0.15, -0.1) is 0 Å². The second-order valence-electron chi connectivity index (χ2n) is 7.40. The Morgan fingerprint density at radius 2 is 1.71 bits per heavy atom. The van der Waals surface area contributed by atoms with Gasteiger partial charge in [-0.05, 0) is 25.3 Å². The van der Waals surface area contributed by atoms with Gasteiger partial charge in [-0.2, -0.15) is 0 Å². The Morgan fingerprint density at radius 1 is 1.14 bits per heavy atom. The molecule has 1 heterocycles. The molecular weight excluding hydrogens is 464 g/mol. The quantitative estimate of drug-likeness (QED) is 0.558. The number of carbonyl (C=O) groups is 1. The molecule has 3 atom stereocenters. The van der Waals surface area contributed by atoms with Crippen LogP contribution in [0.25, 0.3) is 0 Å². The van der Waals surface area contributed by atoms with Gasteiger partial charge in [-0.1, -0.05) is 61.6 Å². The molecule has 0 aromatic carbocycles. The van der Waals surface area contributed by atoms with Crippen LogP contribution in [0.4, 0.5) is 0 Å². The van der Waals surface area contributed by atoms with Crippen molar-refractivity contribution in [2.24, 2.45) is 16.2 Å². The molecule has 1 amide bonds. The zero-order valence-corrected chi connectivity index (χ0v) is 17.6. The molecule has 3 aliphatic carbocycles. The van der Waals surface area contributed by atoms with Crippen LogP contribution in [0.5, 0.6) is 0 Å². The van der Waals surface area contributed by atoms with Crippen molar-refractivity contribution in [2.45, 2.75) is 35.3 Å². The van der Waals surface area contributed by atoms with Crippen molar-refractivity contribution in [1.29, 1.82) is 0 Å². The van der Waals surface area contributed by atoms with Gasteiger partial charge in [0.05, 0.1) is 9.15 Å². The summed E-state index contributed by atoms with van der Waals surface area (Å²) in [7, 11) is 2.13. The standard InChI is InChI=1S/C15H23Br3N2O/c1-13(2)14(11(17)18)4-5-15(13,10(14)16)12(21)20-8-6-19(3)7-9-20/h10-11H,4-9H2,1-3H3/t10-,14+,15-/m1/s1. The van der Waals surface area contributed by atoms with E-state index >= 15 is 0 Å². The highest BCUT2D eigenvalue weighted by molar-refractivity contribution is 9.24. The predicted octanol–water partition coefficient (Wildman–Crippen LogP) is 3.45. The number of piperazine rings is 1. The first-order valence-corrected chi connectivity index (χ1v) is 10.4. The van der Waals surface area contributed by atoms with Crippen molar-refractivity contribution in [3.8, 4) is 0 Å². The van der Waals surface area contributed by atoms with Gasteiger partial charge in [0.2, 0.25) is 5.91 Å². The molecule has 3 saturated carbocycles. The van der Waals surface area contributed by atoms with Crippen LogP contribution >= 0.6 is 47.8 Å². The fourth-order valence-corrected chi connectivity index (χ4v) is 9.86. The molecule has 0 radical (unpaired) electrons. The fourth-order valence-electron chi connectivity index (χ4n) is 4.96. The summed E-state index contributed by atoms with van der Waals surface area (Å²) < 4.78 is 0.243. The highest BCUT2D eigenvalue weighted by Gasteiger charge is 2.83. The smallest absolute Gasteiger partial charge is 0.230 e. The molecule has 0 aromatic rings. The maximum atomic E-state index is 13.3. The third kappa shape index (κ3) is 1.82. The number of carbonyl (C=O) groups excluding carboxylic acids is 1. The molecule has 0 unspecified atom stereocenters. The second-order valence-corrected chi connectivity index (χ2v) is 11.4. The number of alkyl halides is 3. The molecule has 2 bridgehead atoms. The number of likely N-dealkylation sites (N-methyl/N-ethyl adjacent to an activating group) is 1. The summed E-state index contributed by atoms with van der Waals surface area (Å²) in [5.74, 6) is 0.372. The summed E-state index contributed by atoms with van der Waals surface area (Å²) in [6, 6.07) is 0. The molecule has 0 aromatic heterocycles. The van der Waals surface area contributed by atoms with E-state index < -0.39 is 0 Å². The molecule has 4 rings (SSSR count). The summed E-state index contributed by atoms with van der Waals surface area (Å²) in [5, 5.41) is 0. The van der Waals surface area contributed by atoms with Gasteiger partial charge in [0.25, 0.3) is 0 Å². The van der Waals surface area contributed by atoms with E-state index in [9.17, 15) is 4.79 Å². The average Bonchev–Trinajstić information content (AvgIpc) is 2.88. The van der Waals surface area contributed by atoms with Crippen LogP contribution in [0.2, 0.25) is 0 Å². The zero-order valence-electron chi connectivity index (χ0n) is 12.8. The van der Waals surface area contributed by atoms with Gasteiger partial charge >= 0.3 is 0 Å². The van der Waals surface area contributed by atoms with Crippen LogP contribution in [0, 0.1) is 16.2 Å². The lowest BCUT2D eigenvalue weighted by molar-refractivity contribution is -0.174. The molecule has 0 N–H and O–H groups in total. The predicted molar refractivity (Wildman–Crippen MR) is 96.3 cm³/mol. The third-order valence-electron chi connectivity index (χ3n) is 6.66. The van der Waals surface area contributed by atoms with E-state index in [1.54, 1.807) is 0 Å². The van der Waals surface area contributed by atoms with E-state index in [2.05, 4.69) is 78.5 Å². The van der Waals surface area contributed by atoms with Crippen molar-refractivity contribution in [3.05, 3.63) is 0 Å². The summed E-state index contributed by atoms with van der Waals surface area (Å²) in [6.07, 6.45) is 2.09. The first-order chi connectivity index (χ1) is 9.71. The molecule has 6 heteroatoms. The Morgan fingerprint density at radius 3 is 2.14 bits per heavy atom. The van der Waals surface area contributed by atoms with Crippen molar-refractivity contribution in [2.75, 3.05) is 33.2 Å². The molecule has 3 nitrogen and oxygen atoms in total. The van der Waals surface area contributed by atoms with E-state index in [1.165, 1.54) is 0 Å². The number of halogens is 3. The highest BCUT2D eigenvalue weighted by atomic mass is 79.9. The fraction of sp³-hybridized carbons (Fsp3) is 0.933. The van der Waals surface area contributed by atoms with E-state index in [0.29, 0.717) is 5.91 Å². The average molecular weight is 487 g/mol. The Bertz CT molecular complexity index is 462. The first kappa shape index (κ1) is 16.7. The number of amides is 1. The van der Waals surface area contributed by atoms with Gasteiger partial charge in [-0.3, -0.25) is 4.79 Å². The molecule has 4 aliphatic rings. The van der Waals surface area contributed by atoms with E-state index in [-0.39, 0.29) is 24.8 Å². The maximum Gasteiger partial charge on any atom is 0.230 e. The SMILES string of the molecule is CN1CCN(C(=O)[C@@]23CC[C@@](C(Br)Br)([C@H]2Br)C3(C)C)CC1. The van der Waals surface area contributed by atoms with Gasteiger partial charge in [0.1, 0.15) is 0 Å². The summed E-state index contributed by atoms with van der Waals surface area (Å²) >= 11 is 11.4. The lowest BCUT2D eigenvalue weighted by atomic mass is 9.43. The minimum absolute atomic E-state index is 0.00622. The molecular formula is C15H23Br3N2O.